The predicted octanol–water partition coefficient (Wildman–Crippen LogP) is 5.44. The zero-order valence-electron chi connectivity index (χ0n) is 15.9. The van der Waals surface area contributed by atoms with Gasteiger partial charge in [-0.25, -0.2) is 0 Å². The van der Waals surface area contributed by atoms with E-state index in [1.807, 2.05) is 60.7 Å². The van der Waals surface area contributed by atoms with E-state index in [0.29, 0.717) is 23.6 Å². The molecule has 29 heavy (non-hydrogen) atoms. The summed E-state index contributed by atoms with van der Waals surface area (Å²) in [6, 6.07) is 26.0. The zero-order valence-corrected chi connectivity index (χ0v) is 16.6. The highest BCUT2D eigenvalue weighted by molar-refractivity contribution is 6.30. The summed E-state index contributed by atoms with van der Waals surface area (Å²) in [4.78, 5) is 26.3. The van der Waals surface area contributed by atoms with Crippen LogP contribution in [-0.2, 0) is 4.79 Å². The molecule has 3 aromatic carbocycles. The smallest absolute Gasteiger partial charge is 0.303 e. The van der Waals surface area contributed by atoms with E-state index in [-0.39, 0.29) is 18.4 Å². The Morgan fingerprint density at radius 3 is 1.83 bits per heavy atom. The maximum Gasteiger partial charge on any atom is 0.303 e. The van der Waals surface area contributed by atoms with Gasteiger partial charge in [0.1, 0.15) is 0 Å². The van der Waals surface area contributed by atoms with E-state index in [0.717, 1.165) is 11.1 Å². The van der Waals surface area contributed by atoms with Crippen molar-refractivity contribution in [2.24, 2.45) is 0 Å². The number of carboxylic acid groups (broad SMARTS) is 1. The number of carbonyl (C=O) groups excluding carboxylic acids is 1. The molecule has 3 aromatic rings. The highest BCUT2D eigenvalue weighted by Gasteiger charge is 2.27. The fraction of sp³-hybridized carbons (Fsp3) is 0.167. The molecular weight excluding hydrogens is 386 g/mol. The van der Waals surface area contributed by atoms with Crippen LogP contribution in [0.15, 0.2) is 84.9 Å². The topological polar surface area (TPSA) is 57.6 Å². The largest absolute Gasteiger partial charge is 0.481 e. The van der Waals surface area contributed by atoms with E-state index < -0.39 is 5.97 Å². The lowest BCUT2D eigenvalue weighted by molar-refractivity contribution is -0.137. The molecule has 0 saturated heterocycles. The van der Waals surface area contributed by atoms with Gasteiger partial charge in [-0.3, -0.25) is 9.59 Å². The molecule has 0 aliphatic rings. The summed E-state index contributed by atoms with van der Waals surface area (Å²) in [6.45, 7) is 0.322. The Morgan fingerprint density at radius 2 is 1.34 bits per heavy atom. The van der Waals surface area contributed by atoms with Crippen molar-refractivity contribution in [1.82, 2.24) is 4.90 Å². The first-order valence-corrected chi connectivity index (χ1v) is 9.82. The molecule has 0 saturated carbocycles. The van der Waals surface area contributed by atoms with Gasteiger partial charge in [0, 0.05) is 23.6 Å². The Balaban J connectivity index is 2.03. The first-order chi connectivity index (χ1) is 14.1. The molecule has 148 valence electrons. The lowest BCUT2D eigenvalue weighted by Crippen LogP contribution is -2.36. The maximum atomic E-state index is 13.5. The summed E-state index contributed by atoms with van der Waals surface area (Å²) >= 11 is 5.98. The summed E-state index contributed by atoms with van der Waals surface area (Å²) < 4.78 is 0. The highest BCUT2D eigenvalue weighted by Crippen LogP contribution is 2.30. The second-order valence-corrected chi connectivity index (χ2v) is 7.16. The maximum absolute atomic E-state index is 13.5. The molecule has 5 heteroatoms. The summed E-state index contributed by atoms with van der Waals surface area (Å²) in [6.07, 6.45) is 0.367. The third kappa shape index (κ3) is 5.46. The summed E-state index contributed by atoms with van der Waals surface area (Å²) in [5.74, 6) is -1.04. The fourth-order valence-corrected chi connectivity index (χ4v) is 3.46. The molecule has 0 aliphatic carbocycles. The number of benzene rings is 3. The highest BCUT2D eigenvalue weighted by atomic mass is 35.5. The summed E-state index contributed by atoms with van der Waals surface area (Å²) in [7, 11) is 0. The van der Waals surface area contributed by atoms with E-state index >= 15 is 0 Å². The average molecular weight is 408 g/mol. The third-order valence-corrected chi connectivity index (χ3v) is 4.94. The van der Waals surface area contributed by atoms with Gasteiger partial charge in [-0.05, 0) is 41.8 Å². The molecular formula is C24H22ClNO3. The number of nitrogens with zero attached hydrogens (tertiary/aromatic N) is 1. The minimum absolute atomic E-state index is 0.000692. The number of amides is 1. The molecule has 3 rings (SSSR count). The molecule has 0 aliphatic heterocycles. The van der Waals surface area contributed by atoms with Gasteiger partial charge < -0.3 is 10.0 Å². The monoisotopic (exact) mass is 407 g/mol. The SMILES string of the molecule is O=C(O)CCCN(C(=O)c1ccc(Cl)cc1)C(c1ccccc1)c1ccccc1. The van der Waals surface area contributed by atoms with Crippen molar-refractivity contribution in [3.63, 3.8) is 0 Å². The van der Waals surface area contributed by atoms with Crippen LogP contribution >= 0.6 is 11.6 Å². The quantitative estimate of drug-likeness (QED) is 0.541. The van der Waals surface area contributed by atoms with E-state index in [9.17, 15) is 9.59 Å². The Bertz CT molecular complexity index is 903. The van der Waals surface area contributed by atoms with Crippen LogP contribution in [0.4, 0.5) is 0 Å². The number of rotatable bonds is 8. The molecule has 4 nitrogen and oxygen atoms in total. The van der Waals surface area contributed by atoms with Crippen LogP contribution in [0.5, 0.6) is 0 Å². The lowest BCUT2D eigenvalue weighted by Gasteiger charge is -2.33. The van der Waals surface area contributed by atoms with Crippen LogP contribution in [0.1, 0.15) is 40.4 Å². The Hall–Kier alpha value is -3.11. The van der Waals surface area contributed by atoms with E-state index in [1.54, 1.807) is 29.2 Å². The first-order valence-electron chi connectivity index (χ1n) is 9.44. The molecule has 0 bridgehead atoms. The van der Waals surface area contributed by atoms with Crippen molar-refractivity contribution in [3.05, 3.63) is 107 Å². The molecule has 0 fully saturated rings. The minimum atomic E-state index is -0.875. The van der Waals surface area contributed by atoms with Gasteiger partial charge in [0.25, 0.3) is 5.91 Å². The molecule has 1 amide bonds. The normalized spacial score (nSPS) is 10.7. The van der Waals surface area contributed by atoms with Crippen molar-refractivity contribution in [3.8, 4) is 0 Å². The lowest BCUT2D eigenvalue weighted by atomic mass is 9.96. The van der Waals surface area contributed by atoms with Crippen molar-refractivity contribution >= 4 is 23.5 Å². The van der Waals surface area contributed by atoms with Gasteiger partial charge in [-0.1, -0.05) is 72.3 Å². The van der Waals surface area contributed by atoms with Crippen molar-refractivity contribution in [2.45, 2.75) is 18.9 Å². The molecule has 0 radical (unpaired) electrons. The van der Waals surface area contributed by atoms with Crippen LogP contribution in [0, 0.1) is 0 Å². The molecule has 0 heterocycles. The van der Waals surface area contributed by atoms with E-state index in [2.05, 4.69) is 0 Å². The minimum Gasteiger partial charge on any atom is -0.481 e. The van der Waals surface area contributed by atoms with Crippen molar-refractivity contribution in [1.29, 1.82) is 0 Å². The average Bonchev–Trinajstić information content (AvgIpc) is 2.74. The van der Waals surface area contributed by atoms with Gasteiger partial charge in [-0.15, -0.1) is 0 Å². The standard InChI is InChI=1S/C24H22ClNO3/c25-21-15-13-20(14-16-21)24(29)26(17-7-12-22(27)28)23(18-8-3-1-4-9-18)19-10-5-2-6-11-19/h1-6,8-11,13-16,23H,7,12,17H2,(H,27,28). The molecule has 0 atom stereocenters. The molecule has 0 unspecified atom stereocenters. The number of aliphatic carboxylic acids is 1. The van der Waals surface area contributed by atoms with Crippen molar-refractivity contribution < 1.29 is 14.7 Å². The van der Waals surface area contributed by atoms with Gasteiger partial charge in [0.15, 0.2) is 0 Å². The zero-order chi connectivity index (χ0) is 20.6. The van der Waals surface area contributed by atoms with Crippen LogP contribution < -0.4 is 0 Å². The second-order valence-electron chi connectivity index (χ2n) is 6.73. The number of carboxylic acids is 1. The first kappa shape index (κ1) is 20.6. The predicted molar refractivity (Wildman–Crippen MR) is 114 cm³/mol. The molecule has 0 spiro atoms. The number of halogens is 1. The Labute approximate surface area is 175 Å². The van der Waals surface area contributed by atoms with Crippen LogP contribution in [0.3, 0.4) is 0 Å². The summed E-state index contributed by atoms with van der Waals surface area (Å²) in [5.41, 5.74) is 2.45. The molecule has 0 aromatic heterocycles. The van der Waals surface area contributed by atoms with Crippen molar-refractivity contribution in [2.75, 3.05) is 6.54 Å². The second kappa shape index (κ2) is 9.89. The van der Waals surface area contributed by atoms with Crippen LogP contribution in [-0.4, -0.2) is 28.4 Å². The number of hydrogen-bond donors (Lipinski definition) is 1. The Kier molecular flexibility index (Phi) is 7.04. The Morgan fingerprint density at radius 1 is 0.828 bits per heavy atom. The van der Waals surface area contributed by atoms with Crippen LogP contribution in [0.2, 0.25) is 5.02 Å². The van der Waals surface area contributed by atoms with E-state index in [1.165, 1.54) is 0 Å². The number of hydrogen-bond acceptors (Lipinski definition) is 2. The van der Waals surface area contributed by atoms with Gasteiger partial charge in [-0.2, -0.15) is 0 Å². The van der Waals surface area contributed by atoms with Gasteiger partial charge >= 0.3 is 5.97 Å². The summed E-state index contributed by atoms with van der Waals surface area (Å²) in [5, 5.41) is 9.62. The van der Waals surface area contributed by atoms with E-state index in [4.69, 9.17) is 16.7 Å². The van der Waals surface area contributed by atoms with Gasteiger partial charge in [0.2, 0.25) is 0 Å². The number of carbonyl (C=O) groups is 2. The molecule has 1 N–H and O–H groups in total. The third-order valence-electron chi connectivity index (χ3n) is 4.68. The fourth-order valence-electron chi connectivity index (χ4n) is 3.33. The van der Waals surface area contributed by atoms with Crippen LogP contribution in [0.25, 0.3) is 0 Å². The van der Waals surface area contributed by atoms with Gasteiger partial charge in [0.05, 0.1) is 6.04 Å².